The van der Waals surface area contributed by atoms with E-state index in [4.69, 9.17) is 0 Å². The number of piperidine rings is 1. The van der Waals surface area contributed by atoms with E-state index in [9.17, 15) is 14.7 Å². The molecule has 2 aliphatic rings. The Morgan fingerprint density at radius 3 is 2.55 bits per heavy atom. The van der Waals surface area contributed by atoms with Gasteiger partial charge in [0.1, 0.15) is 17.2 Å². The normalized spacial score (nSPS) is 17.3. The van der Waals surface area contributed by atoms with Crippen molar-refractivity contribution in [2.45, 2.75) is 50.6 Å². The minimum atomic E-state index is -0.963. The summed E-state index contributed by atoms with van der Waals surface area (Å²) in [5.41, 5.74) is 1.34. The number of carboxylic acid groups (broad SMARTS) is 1. The molecule has 0 atom stereocenters. The standard InChI is InChI=1S/C23H27N7O3/c31-21(27-16-7-9-24-10-8-16)14-5-6-19(25-12-14)28-23-26-13-15-11-18(22(32)33)30(20(15)29-23)17-3-1-2-4-17/h5-6,11-13,16-17,24H,1-4,7-10H2,(H,27,31)(H,32,33)(H,25,26,28,29). The molecule has 4 heterocycles. The van der Waals surface area contributed by atoms with Crippen molar-refractivity contribution in [2.75, 3.05) is 18.4 Å². The maximum Gasteiger partial charge on any atom is 0.352 e. The fraction of sp³-hybridized carbons (Fsp3) is 0.435. The number of amides is 1. The highest BCUT2D eigenvalue weighted by Gasteiger charge is 2.25. The van der Waals surface area contributed by atoms with Gasteiger partial charge in [0.25, 0.3) is 5.91 Å². The zero-order chi connectivity index (χ0) is 22.8. The monoisotopic (exact) mass is 449 g/mol. The maximum absolute atomic E-state index is 12.5. The van der Waals surface area contributed by atoms with Crippen molar-refractivity contribution in [3.8, 4) is 0 Å². The van der Waals surface area contributed by atoms with Gasteiger partial charge in [0, 0.05) is 29.9 Å². The molecule has 33 heavy (non-hydrogen) atoms. The first kappa shape index (κ1) is 21.3. The number of rotatable bonds is 6. The molecule has 1 saturated carbocycles. The summed E-state index contributed by atoms with van der Waals surface area (Å²) in [5, 5.41) is 19.8. The number of carbonyl (C=O) groups is 2. The van der Waals surface area contributed by atoms with E-state index in [1.807, 2.05) is 4.57 Å². The molecule has 3 aromatic rings. The summed E-state index contributed by atoms with van der Waals surface area (Å²) in [6.07, 6.45) is 9.06. The van der Waals surface area contributed by atoms with Crippen molar-refractivity contribution in [3.63, 3.8) is 0 Å². The zero-order valence-corrected chi connectivity index (χ0v) is 18.3. The Hall–Kier alpha value is -3.53. The maximum atomic E-state index is 12.5. The molecule has 4 N–H and O–H groups in total. The molecule has 5 rings (SSSR count). The van der Waals surface area contributed by atoms with Crippen LogP contribution in [0.1, 0.15) is 65.4 Å². The smallest absolute Gasteiger partial charge is 0.352 e. The summed E-state index contributed by atoms with van der Waals surface area (Å²) in [6, 6.07) is 5.38. The first-order valence-electron chi connectivity index (χ1n) is 11.4. The third-order valence-corrected chi connectivity index (χ3v) is 6.42. The summed E-state index contributed by atoms with van der Waals surface area (Å²) in [7, 11) is 0. The molecule has 0 bridgehead atoms. The summed E-state index contributed by atoms with van der Waals surface area (Å²) in [4.78, 5) is 37.6. The highest BCUT2D eigenvalue weighted by molar-refractivity contribution is 5.94. The fourth-order valence-electron chi connectivity index (χ4n) is 4.72. The lowest BCUT2D eigenvalue weighted by atomic mass is 10.1. The molecule has 10 nitrogen and oxygen atoms in total. The molecule has 3 aromatic heterocycles. The molecule has 10 heteroatoms. The van der Waals surface area contributed by atoms with Crippen LogP contribution in [0.5, 0.6) is 0 Å². The number of hydrogen-bond donors (Lipinski definition) is 4. The van der Waals surface area contributed by atoms with Crippen LogP contribution in [0.15, 0.2) is 30.6 Å². The van der Waals surface area contributed by atoms with Gasteiger partial charge >= 0.3 is 5.97 Å². The SMILES string of the molecule is O=C(NC1CCNCC1)c1ccc(Nc2ncc3cc(C(=O)O)n(C4CCCC4)c3n2)nc1. The van der Waals surface area contributed by atoms with Crippen LogP contribution in [0, 0.1) is 0 Å². The van der Waals surface area contributed by atoms with Gasteiger partial charge in [-0.3, -0.25) is 4.79 Å². The van der Waals surface area contributed by atoms with E-state index in [1.165, 1.54) is 6.20 Å². The van der Waals surface area contributed by atoms with Gasteiger partial charge in [0.15, 0.2) is 0 Å². The van der Waals surface area contributed by atoms with Gasteiger partial charge in [-0.25, -0.2) is 14.8 Å². The third kappa shape index (κ3) is 4.51. The van der Waals surface area contributed by atoms with Crippen molar-refractivity contribution in [1.82, 2.24) is 30.2 Å². The van der Waals surface area contributed by atoms with E-state index in [0.717, 1.165) is 51.6 Å². The van der Waals surface area contributed by atoms with Crippen molar-refractivity contribution < 1.29 is 14.7 Å². The average molecular weight is 450 g/mol. The Morgan fingerprint density at radius 2 is 1.85 bits per heavy atom. The Balaban J connectivity index is 1.34. The van der Waals surface area contributed by atoms with Crippen LogP contribution in [-0.4, -0.2) is 55.6 Å². The van der Waals surface area contributed by atoms with Gasteiger partial charge in [-0.1, -0.05) is 12.8 Å². The molecule has 1 aliphatic heterocycles. The van der Waals surface area contributed by atoms with Crippen molar-refractivity contribution in [3.05, 3.63) is 41.9 Å². The number of aromatic carboxylic acids is 1. The Kier molecular flexibility index (Phi) is 5.91. The second kappa shape index (κ2) is 9.14. The Morgan fingerprint density at radius 1 is 1.06 bits per heavy atom. The predicted molar refractivity (Wildman–Crippen MR) is 123 cm³/mol. The third-order valence-electron chi connectivity index (χ3n) is 6.42. The average Bonchev–Trinajstić information content (AvgIpc) is 3.48. The number of nitrogens with zero attached hydrogens (tertiary/aromatic N) is 4. The first-order chi connectivity index (χ1) is 16.1. The van der Waals surface area contributed by atoms with Gasteiger partial charge in [0.05, 0.1) is 5.56 Å². The number of carbonyl (C=O) groups excluding carboxylic acids is 1. The Labute approximate surface area is 190 Å². The number of aromatic nitrogens is 4. The molecule has 0 radical (unpaired) electrons. The number of anilines is 2. The van der Waals surface area contributed by atoms with E-state index in [-0.39, 0.29) is 23.7 Å². The van der Waals surface area contributed by atoms with E-state index >= 15 is 0 Å². The van der Waals surface area contributed by atoms with Crippen molar-refractivity contribution >= 4 is 34.7 Å². The minimum Gasteiger partial charge on any atom is -0.477 e. The van der Waals surface area contributed by atoms with E-state index < -0.39 is 5.97 Å². The van der Waals surface area contributed by atoms with Gasteiger partial charge in [-0.05, 0) is 57.0 Å². The first-order valence-corrected chi connectivity index (χ1v) is 11.4. The van der Waals surface area contributed by atoms with Gasteiger partial charge < -0.3 is 25.6 Å². The summed E-state index contributed by atoms with van der Waals surface area (Å²) in [5.74, 6) is -0.259. The highest BCUT2D eigenvalue weighted by Crippen LogP contribution is 2.34. The molecule has 0 unspecified atom stereocenters. The van der Waals surface area contributed by atoms with Crippen LogP contribution in [-0.2, 0) is 0 Å². The summed E-state index contributed by atoms with van der Waals surface area (Å²) >= 11 is 0. The lowest BCUT2D eigenvalue weighted by Gasteiger charge is -2.23. The molecule has 0 spiro atoms. The van der Waals surface area contributed by atoms with E-state index in [1.54, 1.807) is 24.4 Å². The topological polar surface area (TPSA) is 134 Å². The van der Waals surface area contributed by atoms with Gasteiger partial charge in [0.2, 0.25) is 5.95 Å². The van der Waals surface area contributed by atoms with Gasteiger partial charge in [-0.15, -0.1) is 0 Å². The number of carboxylic acids is 1. The quantitative estimate of drug-likeness (QED) is 0.451. The molecule has 1 aliphatic carbocycles. The molecular formula is C23H27N7O3. The fourth-order valence-corrected chi connectivity index (χ4v) is 4.72. The van der Waals surface area contributed by atoms with Gasteiger partial charge in [-0.2, -0.15) is 4.98 Å². The molecule has 1 saturated heterocycles. The van der Waals surface area contributed by atoms with Crippen molar-refractivity contribution in [1.29, 1.82) is 0 Å². The molecule has 172 valence electrons. The molecule has 0 aromatic carbocycles. The largest absolute Gasteiger partial charge is 0.477 e. The lowest BCUT2D eigenvalue weighted by molar-refractivity contribution is 0.0683. The number of pyridine rings is 1. The van der Waals surface area contributed by atoms with Crippen LogP contribution >= 0.6 is 0 Å². The molecule has 2 fully saturated rings. The predicted octanol–water partition coefficient (Wildman–Crippen LogP) is 2.87. The van der Waals surface area contributed by atoms with Crippen LogP contribution in [0.4, 0.5) is 11.8 Å². The van der Waals surface area contributed by atoms with Crippen molar-refractivity contribution in [2.24, 2.45) is 0 Å². The van der Waals surface area contributed by atoms with Crippen LogP contribution in [0.25, 0.3) is 11.0 Å². The van der Waals surface area contributed by atoms with Crippen LogP contribution in [0.2, 0.25) is 0 Å². The summed E-state index contributed by atoms with van der Waals surface area (Å²) in [6.45, 7) is 1.82. The second-order valence-corrected chi connectivity index (χ2v) is 8.67. The number of nitrogens with one attached hydrogen (secondary N) is 3. The number of fused-ring (bicyclic) bond motifs is 1. The number of hydrogen-bond acceptors (Lipinski definition) is 7. The zero-order valence-electron chi connectivity index (χ0n) is 18.3. The lowest BCUT2D eigenvalue weighted by Crippen LogP contribution is -2.42. The highest BCUT2D eigenvalue weighted by atomic mass is 16.4. The minimum absolute atomic E-state index is 0.130. The Bertz CT molecular complexity index is 1160. The molecule has 1 amide bonds. The van der Waals surface area contributed by atoms with E-state index in [0.29, 0.717) is 28.4 Å². The van der Waals surface area contributed by atoms with Crippen LogP contribution < -0.4 is 16.0 Å². The molecular weight excluding hydrogens is 422 g/mol. The second-order valence-electron chi connectivity index (χ2n) is 8.67. The summed E-state index contributed by atoms with van der Waals surface area (Å²) < 4.78 is 1.83. The van der Waals surface area contributed by atoms with Crippen LogP contribution in [0.3, 0.4) is 0 Å². The van der Waals surface area contributed by atoms with E-state index in [2.05, 4.69) is 30.9 Å².